The summed E-state index contributed by atoms with van der Waals surface area (Å²) in [6, 6.07) is 9.93. The number of pyridine rings is 1. The zero-order valence-electron chi connectivity index (χ0n) is 10.7. The molecule has 0 unspecified atom stereocenters. The molecule has 7 heteroatoms. The highest BCUT2D eigenvalue weighted by atomic mass is 35.5. The first kappa shape index (κ1) is 15.0. The highest BCUT2D eigenvalue weighted by molar-refractivity contribution is 6.32. The second-order valence-electron chi connectivity index (χ2n) is 4.02. The Balaban J connectivity index is 1.97. The Morgan fingerprint density at radius 1 is 1.33 bits per heavy atom. The van der Waals surface area contributed by atoms with E-state index < -0.39 is 6.61 Å². The number of alkyl halides is 2. The fourth-order valence-electron chi connectivity index (χ4n) is 1.60. The van der Waals surface area contributed by atoms with Gasteiger partial charge in [-0.15, -0.1) is 0 Å². The second-order valence-corrected chi connectivity index (χ2v) is 4.43. The minimum atomic E-state index is -2.86. The maximum absolute atomic E-state index is 12.0. The van der Waals surface area contributed by atoms with Crippen molar-refractivity contribution in [3.8, 4) is 11.8 Å². The van der Waals surface area contributed by atoms with Crippen LogP contribution in [0.25, 0.3) is 0 Å². The number of halogens is 3. The number of nitriles is 1. The molecule has 108 valence electrons. The maximum atomic E-state index is 12.0. The van der Waals surface area contributed by atoms with Crippen molar-refractivity contribution in [3.05, 3.63) is 52.8 Å². The number of hydrogen-bond acceptors (Lipinski definition) is 4. The summed E-state index contributed by atoms with van der Waals surface area (Å²) < 4.78 is 28.2. The van der Waals surface area contributed by atoms with Crippen LogP contribution in [0.4, 0.5) is 14.5 Å². The van der Waals surface area contributed by atoms with Crippen LogP contribution in [0.15, 0.2) is 36.5 Å². The third-order valence-electron chi connectivity index (χ3n) is 2.59. The van der Waals surface area contributed by atoms with E-state index in [2.05, 4.69) is 15.0 Å². The molecule has 2 aromatic rings. The van der Waals surface area contributed by atoms with Gasteiger partial charge in [-0.3, -0.25) is 4.98 Å². The van der Waals surface area contributed by atoms with Crippen LogP contribution in [0.2, 0.25) is 5.02 Å². The van der Waals surface area contributed by atoms with Crippen molar-refractivity contribution in [1.29, 1.82) is 5.26 Å². The molecule has 0 aliphatic rings. The molecule has 21 heavy (non-hydrogen) atoms. The average Bonchev–Trinajstić information content (AvgIpc) is 2.46. The minimum absolute atomic E-state index is 0.00941. The van der Waals surface area contributed by atoms with Gasteiger partial charge in [0.05, 0.1) is 29.0 Å². The van der Waals surface area contributed by atoms with Crippen LogP contribution in [-0.4, -0.2) is 11.6 Å². The van der Waals surface area contributed by atoms with Gasteiger partial charge in [-0.1, -0.05) is 11.6 Å². The zero-order valence-corrected chi connectivity index (χ0v) is 11.4. The molecule has 1 heterocycles. The third kappa shape index (κ3) is 4.29. The number of nitrogens with one attached hydrogen (secondary N) is 1. The van der Waals surface area contributed by atoms with E-state index >= 15 is 0 Å². The van der Waals surface area contributed by atoms with Crippen molar-refractivity contribution in [2.75, 3.05) is 5.32 Å². The largest absolute Gasteiger partial charge is 0.433 e. The molecular weight excluding hydrogens is 300 g/mol. The second kappa shape index (κ2) is 6.86. The van der Waals surface area contributed by atoms with Gasteiger partial charge < -0.3 is 10.1 Å². The van der Waals surface area contributed by atoms with E-state index in [1.807, 2.05) is 6.07 Å². The quantitative estimate of drug-likeness (QED) is 0.912. The molecule has 4 nitrogen and oxygen atoms in total. The van der Waals surface area contributed by atoms with Gasteiger partial charge in [0.2, 0.25) is 0 Å². The predicted molar refractivity (Wildman–Crippen MR) is 74.4 cm³/mol. The molecule has 0 saturated carbocycles. The van der Waals surface area contributed by atoms with E-state index in [4.69, 9.17) is 16.9 Å². The molecule has 1 aromatic heterocycles. The summed E-state index contributed by atoms with van der Waals surface area (Å²) in [5.74, 6) is 0.00941. The van der Waals surface area contributed by atoms with Crippen molar-refractivity contribution in [2.24, 2.45) is 0 Å². The summed E-state index contributed by atoms with van der Waals surface area (Å²) in [6.07, 6.45) is 1.23. The van der Waals surface area contributed by atoms with Gasteiger partial charge in [0.15, 0.2) is 0 Å². The number of benzene rings is 1. The van der Waals surface area contributed by atoms with E-state index in [9.17, 15) is 8.78 Å². The van der Waals surface area contributed by atoms with Gasteiger partial charge in [-0.05, 0) is 30.3 Å². The van der Waals surface area contributed by atoms with Gasteiger partial charge >= 0.3 is 6.61 Å². The SMILES string of the molecule is N#Cc1ccc(NCc2ccc(OC(F)F)cn2)cc1Cl. The lowest BCUT2D eigenvalue weighted by atomic mass is 10.2. The number of anilines is 1. The van der Waals surface area contributed by atoms with Crippen molar-refractivity contribution in [1.82, 2.24) is 4.98 Å². The van der Waals surface area contributed by atoms with Crippen LogP contribution in [0, 0.1) is 11.3 Å². The van der Waals surface area contributed by atoms with Gasteiger partial charge in [-0.2, -0.15) is 14.0 Å². The van der Waals surface area contributed by atoms with Crippen LogP contribution in [0.5, 0.6) is 5.75 Å². The Morgan fingerprint density at radius 2 is 2.14 bits per heavy atom. The smallest absolute Gasteiger partial charge is 0.387 e. The number of ether oxygens (including phenoxy) is 1. The third-order valence-corrected chi connectivity index (χ3v) is 2.90. The highest BCUT2D eigenvalue weighted by Crippen LogP contribution is 2.20. The highest BCUT2D eigenvalue weighted by Gasteiger charge is 2.05. The summed E-state index contributed by atoms with van der Waals surface area (Å²) in [7, 11) is 0. The molecule has 0 aliphatic carbocycles. The van der Waals surface area contributed by atoms with Gasteiger partial charge in [0.25, 0.3) is 0 Å². The molecule has 0 aliphatic heterocycles. The Morgan fingerprint density at radius 3 is 2.71 bits per heavy atom. The first-order valence-electron chi connectivity index (χ1n) is 5.92. The fourth-order valence-corrected chi connectivity index (χ4v) is 1.82. The molecule has 2 rings (SSSR count). The lowest BCUT2D eigenvalue weighted by Gasteiger charge is -2.08. The number of hydrogen-bond donors (Lipinski definition) is 1. The van der Waals surface area contributed by atoms with Crippen molar-refractivity contribution < 1.29 is 13.5 Å². The Labute approximate surface area is 124 Å². The van der Waals surface area contributed by atoms with Gasteiger partial charge in [0, 0.05) is 5.69 Å². The van der Waals surface area contributed by atoms with Crippen LogP contribution in [0.3, 0.4) is 0 Å². The summed E-state index contributed by atoms with van der Waals surface area (Å²) in [5, 5.41) is 12.2. The molecule has 0 fully saturated rings. The molecule has 0 spiro atoms. The first-order chi connectivity index (χ1) is 10.1. The van der Waals surface area contributed by atoms with Gasteiger partial charge in [-0.25, -0.2) is 0 Å². The number of nitrogens with zero attached hydrogens (tertiary/aromatic N) is 2. The van der Waals surface area contributed by atoms with Crippen LogP contribution < -0.4 is 10.1 Å². The van der Waals surface area contributed by atoms with Crippen LogP contribution in [0.1, 0.15) is 11.3 Å². The normalized spacial score (nSPS) is 10.2. The Bertz CT molecular complexity index is 656. The number of rotatable bonds is 5. The monoisotopic (exact) mass is 309 g/mol. The molecule has 1 aromatic carbocycles. The van der Waals surface area contributed by atoms with E-state index in [0.717, 1.165) is 5.69 Å². The molecular formula is C14H10ClF2N3O. The fraction of sp³-hybridized carbons (Fsp3) is 0.143. The topological polar surface area (TPSA) is 57.9 Å². The summed E-state index contributed by atoms with van der Waals surface area (Å²) in [6.45, 7) is -2.48. The lowest BCUT2D eigenvalue weighted by Crippen LogP contribution is -2.04. The summed E-state index contributed by atoms with van der Waals surface area (Å²) in [4.78, 5) is 4.00. The minimum Gasteiger partial charge on any atom is -0.433 e. The van der Waals surface area contributed by atoms with Crippen LogP contribution in [-0.2, 0) is 6.54 Å². The molecule has 0 amide bonds. The first-order valence-corrected chi connectivity index (χ1v) is 6.29. The Kier molecular flexibility index (Phi) is 4.90. The van der Waals surface area contributed by atoms with Gasteiger partial charge in [0.1, 0.15) is 11.8 Å². The van der Waals surface area contributed by atoms with Crippen LogP contribution >= 0.6 is 11.6 Å². The van der Waals surface area contributed by atoms with Crippen molar-refractivity contribution >= 4 is 17.3 Å². The predicted octanol–water partition coefficient (Wildman–Crippen LogP) is 3.82. The van der Waals surface area contributed by atoms with E-state index in [1.165, 1.54) is 12.3 Å². The molecule has 0 radical (unpaired) electrons. The molecule has 0 saturated heterocycles. The maximum Gasteiger partial charge on any atom is 0.387 e. The van der Waals surface area contributed by atoms with E-state index in [0.29, 0.717) is 22.8 Å². The summed E-state index contributed by atoms with van der Waals surface area (Å²) in [5.41, 5.74) is 1.78. The van der Waals surface area contributed by atoms with Crippen molar-refractivity contribution in [2.45, 2.75) is 13.2 Å². The molecule has 0 bridgehead atoms. The van der Waals surface area contributed by atoms with E-state index in [1.54, 1.807) is 24.3 Å². The standard InChI is InChI=1S/C14H10ClF2N3O/c15-13-5-10(2-1-9(13)6-18)19-7-11-3-4-12(8-20-11)21-14(16)17/h1-5,8,14,19H,7H2. The summed E-state index contributed by atoms with van der Waals surface area (Å²) >= 11 is 5.91. The zero-order chi connectivity index (χ0) is 15.2. The molecule has 0 atom stereocenters. The van der Waals surface area contributed by atoms with Crippen molar-refractivity contribution in [3.63, 3.8) is 0 Å². The van der Waals surface area contributed by atoms with E-state index in [-0.39, 0.29) is 5.75 Å². The Hall–Kier alpha value is -2.39. The lowest BCUT2D eigenvalue weighted by molar-refractivity contribution is -0.0500. The average molecular weight is 310 g/mol. The number of aromatic nitrogens is 1. The molecule has 1 N–H and O–H groups in total.